The van der Waals surface area contributed by atoms with Gasteiger partial charge in [-0.15, -0.1) is 0 Å². The fraction of sp³-hybridized carbons (Fsp3) is 0.389. The van der Waals surface area contributed by atoms with Crippen molar-refractivity contribution in [2.75, 3.05) is 12.1 Å². The summed E-state index contributed by atoms with van der Waals surface area (Å²) in [5.74, 6) is 1.78. The van der Waals surface area contributed by atoms with Crippen LogP contribution in [-0.4, -0.2) is 28.7 Å². The van der Waals surface area contributed by atoms with Gasteiger partial charge < -0.3 is 20.1 Å². The Morgan fingerprint density at radius 2 is 2.00 bits per heavy atom. The average Bonchev–Trinajstić information content (AvgIpc) is 3.31. The van der Waals surface area contributed by atoms with Crippen molar-refractivity contribution < 1.29 is 14.3 Å². The summed E-state index contributed by atoms with van der Waals surface area (Å²) in [6, 6.07) is 7.66. The molecule has 1 aromatic carbocycles. The quantitative estimate of drug-likeness (QED) is 0.870. The maximum atomic E-state index is 12.3. The minimum Gasteiger partial charge on any atom is -0.454 e. The number of ether oxygens (including phenoxy) is 2. The van der Waals surface area contributed by atoms with E-state index in [4.69, 9.17) is 9.47 Å². The summed E-state index contributed by atoms with van der Waals surface area (Å²) in [6.07, 6.45) is 6.05. The first-order chi connectivity index (χ1) is 12.3. The summed E-state index contributed by atoms with van der Waals surface area (Å²) in [4.78, 5) is 20.8. The second-order valence-corrected chi connectivity index (χ2v) is 6.26. The first-order valence-electron chi connectivity index (χ1n) is 8.54. The van der Waals surface area contributed by atoms with Crippen LogP contribution in [0.3, 0.4) is 0 Å². The minimum absolute atomic E-state index is 0.138. The summed E-state index contributed by atoms with van der Waals surface area (Å²) in [7, 11) is 0. The van der Waals surface area contributed by atoms with E-state index in [0.717, 1.165) is 29.9 Å². The Balaban J connectivity index is 1.38. The zero-order valence-electron chi connectivity index (χ0n) is 13.8. The van der Waals surface area contributed by atoms with Gasteiger partial charge in [0.25, 0.3) is 5.91 Å². The summed E-state index contributed by atoms with van der Waals surface area (Å²) in [5, 5.41) is 6.18. The van der Waals surface area contributed by atoms with E-state index in [0.29, 0.717) is 18.2 Å². The van der Waals surface area contributed by atoms with Crippen LogP contribution in [0.1, 0.15) is 41.7 Å². The van der Waals surface area contributed by atoms with Crippen molar-refractivity contribution in [3.63, 3.8) is 0 Å². The van der Waals surface area contributed by atoms with Crippen LogP contribution in [0, 0.1) is 0 Å². The Morgan fingerprint density at radius 1 is 1.16 bits per heavy atom. The van der Waals surface area contributed by atoms with Crippen LogP contribution in [-0.2, 0) is 6.54 Å². The Hall–Kier alpha value is -2.83. The van der Waals surface area contributed by atoms with E-state index in [2.05, 4.69) is 20.6 Å². The lowest BCUT2D eigenvalue weighted by Gasteiger charge is -2.12. The number of anilines is 1. The second-order valence-electron chi connectivity index (χ2n) is 6.26. The number of hydrogen-bond acceptors (Lipinski definition) is 6. The molecule has 130 valence electrons. The molecular weight excluding hydrogens is 320 g/mol. The molecule has 2 aromatic rings. The molecule has 7 nitrogen and oxygen atoms in total. The van der Waals surface area contributed by atoms with Crippen molar-refractivity contribution in [1.29, 1.82) is 0 Å². The molecule has 0 radical (unpaired) electrons. The number of aromatic nitrogens is 2. The van der Waals surface area contributed by atoms with Crippen LogP contribution in [0.15, 0.2) is 30.5 Å². The van der Waals surface area contributed by atoms with E-state index in [1.807, 2.05) is 18.2 Å². The number of rotatable bonds is 5. The molecule has 0 unspecified atom stereocenters. The first-order valence-corrected chi connectivity index (χ1v) is 8.54. The van der Waals surface area contributed by atoms with Crippen molar-refractivity contribution in [2.45, 2.75) is 38.3 Å². The van der Waals surface area contributed by atoms with E-state index in [1.165, 1.54) is 12.8 Å². The number of benzene rings is 1. The fourth-order valence-corrected chi connectivity index (χ4v) is 3.13. The van der Waals surface area contributed by atoms with E-state index >= 15 is 0 Å². The van der Waals surface area contributed by atoms with E-state index in [1.54, 1.807) is 12.3 Å². The molecule has 0 spiro atoms. The number of carbonyl (C=O) groups is 1. The van der Waals surface area contributed by atoms with Gasteiger partial charge in [0.1, 0.15) is 5.69 Å². The van der Waals surface area contributed by atoms with Gasteiger partial charge in [0, 0.05) is 18.8 Å². The standard InChI is InChI=1S/C18H20N4O3/c23-17(21-13-3-1-2-4-13)14-7-8-19-18(22-14)20-10-12-5-6-15-16(9-12)25-11-24-15/h5-9,13H,1-4,10-11H2,(H,21,23)(H,19,20,22). The molecule has 2 aliphatic rings. The molecule has 0 bridgehead atoms. The van der Waals surface area contributed by atoms with Crippen molar-refractivity contribution in [1.82, 2.24) is 15.3 Å². The molecule has 2 N–H and O–H groups in total. The molecule has 1 aromatic heterocycles. The van der Waals surface area contributed by atoms with Crippen molar-refractivity contribution >= 4 is 11.9 Å². The van der Waals surface area contributed by atoms with Gasteiger partial charge in [0.05, 0.1) is 0 Å². The van der Waals surface area contributed by atoms with Gasteiger partial charge in [-0.25, -0.2) is 9.97 Å². The molecule has 1 amide bonds. The van der Waals surface area contributed by atoms with E-state index in [9.17, 15) is 4.79 Å². The number of fused-ring (bicyclic) bond motifs is 1. The second kappa shape index (κ2) is 6.96. The smallest absolute Gasteiger partial charge is 0.270 e. The topological polar surface area (TPSA) is 85.4 Å². The largest absolute Gasteiger partial charge is 0.454 e. The van der Waals surface area contributed by atoms with Crippen molar-refractivity contribution in [3.8, 4) is 11.5 Å². The highest BCUT2D eigenvalue weighted by atomic mass is 16.7. The first kappa shape index (κ1) is 15.7. The number of hydrogen-bond donors (Lipinski definition) is 2. The summed E-state index contributed by atoms with van der Waals surface area (Å²) in [6.45, 7) is 0.789. The molecule has 7 heteroatoms. The third-order valence-corrected chi connectivity index (χ3v) is 4.47. The van der Waals surface area contributed by atoms with Gasteiger partial charge in [0.15, 0.2) is 11.5 Å². The lowest BCUT2D eigenvalue weighted by Crippen LogP contribution is -2.33. The molecule has 0 atom stereocenters. The molecule has 0 saturated heterocycles. The monoisotopic (exact) mass is 340 g/mol. The molecule has 1 aliphatic carbocycles. The Kier molecular flexibility index (Phi) is 4.37. The van der Waals surface area contributed by atoms with Gasteiger partial charge in [-0.05, 0) is 36.6 Å². The van der Waals surface area contributed by atoms with E-state index in [-0.39, 0.29) is 18.7 Å². The highest BCUT2D eigenvalue weighted by Gasteiger charge is 2.19. The van der Waals surface area contributed by atoms with Gasteiger partial charge in [-0.1, -0.05) is 18.9 Å². The predicted molar refractivity (Wildman–Crippen MR) is 91.6 cm³/mol. The molecule has 4 rings (SSSR count). The SMILES string of the molecule is O=C(NC1CCCC1)c1ccnc(NCc2ccc3c(c2)OCO3)n1. The van der Waals surface area contributed by atoms with Crippen molar-refractivity contribution in [2.24, 2.45) is 0 Å². The molecule has 1 saturated carbocycles. The number of nitrogens with zero attached hydrogens (tertiary/aromatic N) is 2. The Labute approximate surface area is 145 Å². The van der Waals surface area contributed by atoms with Gasteiger partial charge in [0.2, 0.25) is 12.7 Å². The molecule has 25 heavy (non-hydrogen) atoms. The zero-order valence-corrected chi connectivity index (χ0v) is 13.8. The molecule has 2 heterocycles. The van der Waals surface area contributed by atoms with Gasteiger partial charge in [-0.2, -0.15) is 0 Å². The Morgan fingerprint density at radius 3 is 2.88 bits per heavy atom. The van der Waals surface area contributed by atoms with Crippen molar-refractivity contribution in [3.05, 3.63) is 41.7 Å². The van der Waals surface area contributed by atoms with Crippen LogP contribution in [0.25, 0.3) is 0 Å². The van der Waals surface area contributed by atoms with Gasteiger partial charge in [-0.3, -0.25) is 4.79 Å². The minimum atomic E-state index is -0.138. The van der Waals surface area contributed by atoms with Crippen LogP contribution in [0.5, 0.6) is 11.5 Å². The summed E-state index contributed by atoms with van der Waals surface area (Å²) in [5.41, 5.74) is 1.41. The summed E-state index contributed by atoms with van der Waals surface area (Å²) < 4.78 is 10.7. The third kappa shape index (κ3) is 3.65. The lowest BCUT2D eigenvalue weighted by atomic mass is 10.2. The zero-order chi connectivity index (χ0) is 17.1. The van der Waals surface area contributed by atoms with Crippen LogP contribution < -0.4 is 20.1 Å². The number of nitrogens with one attached hydrogen (secondary N) is 2. The normalized spacial score (nSPS) is 16.0. The predicted octanol–water partition coefficient (Wildman–Crippen LogP) is 2.49. The maximum absolute atomic E-state index is 12.3. The molecular formula is C18H20N4O3. The van der Waals surface area contributed by atoms with E-state index < -0.39 is 0 Å². The molecule has 1 fully saturated rings. The Bertz CT molecular complexity index is 775. The highest BCUT2D eigenvalue weighted by Crippen LogP contribution is 2.32. The maximum Gasteiger partial charge on any atom is 0.270 e. The third-order valence-electron chi connectivity index (χ3n) is 4.47. The van der Waals surface area contributed by atoms with Gasteiger partial charge >= 0.3 is 0 Å². The van der Waals surface area contributed by atoms with Crippen LogP contribution >= 0.6 is 0 Å². The number of carbonyl (C=O) groups excluding carboxylic acids is 1. The highest BCUT2D eigenvalue weighted by molar-refractivity contribution is 5.92. The van der Waals surface area contributed by atoms with Crippen LogP contribution in [0.4, 0.5) is 5.95 Å². The fourth-order valence-electron chi connectivity index (χ4n) is 3.13. The molecule has 1 aliphatic heterocycles. The summed E-state index contributed by atoms with van der Waals surface area (Å²) >= 11 is 0. The number of amides is 1. The average molecular weight is 340 g/mol. The lowest BCUT2D eigenvalue weighted by molar-refractivity contribution is 0.0932. The van der Waals surface area contributed by atoms with Crippen LogP contribution in [0.2, 0.25) is 0 Å².